The second-order valence-electron chi connectivity index (χ2n) is 4.98. The van der Waals surface area contributed by atoms with Crippen LogP contribution in [0.25, 0.3) is 11.3 Å². The molecule has 2 heterocycles. The van der Waals surface area contributed by atoms with Crippen LogP contribution in [0.3, 0.4) is 0 Å². The molecule has 0 radical (unpaired) electrons. The third-order valence-corrected chi connectivity index (χ3v) is 3.87. The normalized spacial score (nSPS) is 18.0. The van der Waals surface area contributed by atoms with Gasteiger partial charge in [0.2, 0.25) is 0 Å². The van der Waals surface area contributed by atoms with Crippen LogP contribution in [0.15, 0.2) is 34.9 Å². The zero-order chi connectivity index (χ0) is 16.4. The number of rotatable bonds is 3. The van der Waals surface area contributed by atoms with Gasteiger partial charge in [-0.25, -0.2) is 4.79 Å². The average Bonchev–Trinajstić information content (AvgIpc) is 3.04. The number of halogens is 1. The highest BCUT2D eigenvalue weighted by atomic mass is 35.5. The molecule has 1 atom stereocenters. The van der Waals surface area contributed by atoms with Gasteiger partial charge in [-0.1, -0.05) is 28.9 Å². The van der Waals surface area contributed by atoms with Crippen LogP contribution in [0.4, 0.5) is 0 Å². The monoisotopic (exact) mass is 336 g/mol. The van der Waals surface area contributed by atoms with E-state index in [1.807, 2.05) is 0 Å². The smallest absolute Gasteiger partial charge is 0.328 e. The number of hydrogen-bond acceptors (Lipinski definition) is 5. The van der Waals surface area contributed by atoms with Gasteiger partial charge in [0.1, 0.15) is 0 Å². The first kappa shape index (κ1) is 15.5. The number of aromatic nitrogens is 1. The Morgan fingerprint density at radius 1 is 1.35 bits per heavy atom. The molecule has 23 heavy (non-hydrogen) atoms. The Bertz CT molecular complexity index is 745. The van der Waals surface area contributed by atoms with Crippen LogP contribution in [0.5, 0.6) is 0 Å². The fourth-order valence-electron chi connectivity index (χ4n) is 2.36. The molecule has 1 unspecified atom stereocenters. The number of benzene rings is 1. The predicted molar refractivity (Wildman–Crippen MR) is 80.2 cm³/mol. The number of aliphatic carboxylic acids is 1. The summed E-state index contributed by atoms with van der Waals surface area (Å²) in [5.74, 6) is -1.28. The van der Waals surface area contributed by atoms with Gasteiger partial charge in [-0.2, -0.15) is 0 Å². The molecule has 2 aromatic rings. The Balaban J connectivity index is 1.86. The minimum absolute atomic E-state index is 0.0352. The van der Waals surface area contributed by atoms with Gasteiger partial charge in [0, 0.05) is 18.2 Å². The van der Waals surface area contributed by atoms with Crippen molar-refractivity contribution >= 4 is 23.5 Å². The summed E-state index contributed by atoms with van der Waals surface area (Å²) in [7, 11) is 0. The summed E-state index contributed by atoms with van der Waals surface area (Å²) in [5, 5.41) is 13.4. The zero-order valence-corrected chi connectivity index (χ0v) is 12.7. The molecule has 1 aliphatic heterocycles. The lowest BCUT2D eigenvalue weighted by atomic mass is 10.1. The Labute approximate surface area is 136 Å². The molecular weight excluding hydrogens is 324 g/mol. The molecule has 1 saturated heterocycles. The molecule has 1 aromatic heterocycles. The predicted octanol–water partition coefficient (Wildman–Crippen LogP) is 1.92. The van der Waals surface area contributed by atoms with Gasteiger partial charge < -0.3 is 19.3 Å². The second-order valence-corrected chi connectivity index (χ2v) is 5.39. The quantitative estimate of drug-likeness (QED) is 0.920. The fourth-order valence-corrected chi connectivity index (χ4v) is 2.59. The Hall–Kier alpha value is -2.38. The molecule has 1 fully saturated rings. The van der Waals surface area contributed by atoms with Gasteiger partial charge in [-0.05, 0) is 12.1 Å². The number of morpholine rings is 1. The molecule has 1 amide bonds. The third kappa shape index (κ3) is 3.06. The first-order valence-electron chi connectivity index (χ1n) is 6.91. The number of carbonyl (C=O) groups excluding carboxylic acids is 1. The fraction of sp³-hybridized carbons (Fsp3) is 0.267. The molecule has 120 valence electrons. The maximum atomic E-state index is 12.5. The highest BCUT2D eigenvalue weighted by molar-refractivity contribution is 6.33. The Morgan fingerprint density at radius 3 is 2.87 bits per heavy atom. The molecule has 3 rings (SSSR count). The first-order chi connectivity index (χ1) is 11.1. The molecular formula is C15H13ClN2O5. The Kier molecular flexibility index (Phi) is 4.31. The molecule has 7 nitrogen and oxygen atoms in total. The van der Waals surface area contributed by atoms with Crippen molar-refractivity contribution in [1.82, 2.24) is 10.1 Å². The lowest BCUT2D eigenvalue weighted by molar-refractivity contribution is -0.147. The number of ether oxygens (including phenoxy) is 1. The van der Waals surface area contributed by atoms with E-state index in [9.17, 15) is 14.7 Å². The van der Waals surface area contributed by atoms with E-state index in [1.165, 1.54) is 11.0 Å². The Morgan fingerprint density at radius 2 is 2.13 bits per heavy atom. The van der Waals surface area contributed by atoms with E-state index in [-0.39, 0.29) is 25.5 Å². The van der Waals surface area contributed by atoms with Gasteiger partial charge in [-0.3, -0.25) is 4.79 Å². The van der Waals surface area contributed by atoms with Crippen molar-refractivity contribution in [3.05, 3.63) is 41.0 Å². The van der Waals surface area contributed by atoms with Crippen LogP contribution >= 0.6 is 11.6 Å². The molecule has 1 N–H and O–H groups in total. The highest BCUT2D eigenvalue weighted by Crippen LogP contribution is 2.28. The van der Waals surface area contributed by atoms with Crippen molar-refractivity contribution in [2.75, 3.05) is 19.8 Å². The topological polar surface area (TPSA) is 92.9 Å². The standard InChI is InChI=1S/C15H13ClN2O5/c16-10-4-2-1-3-9(10)13-7-11(17-23-13)14(19)18-5-6-22-8-12(18)15(20)21/h1-4,7,12H,5-6,8H2,(H,20,21). The molecule has 0 spiro atoms. The van der Waals surface area contributed by atoms with E-state index in [4.69, 9.17) is 20.9 Å². The highest BCUT2D eigenvalue weighted by Gasteiger charge is 2.34. The summed E-state index contributed by atoms with van der Waals surface area (Å²) in [6.07, 6.45) is 0. The zero-order valence-electron chi connectivity index (χ0n) is 11.9. The minimum atomic E-state index is -1.12. The molecule has 0 bridgehead atoms. The van der Waals surface area contributed by atoms with Crippen molar-refractivity contribution in [3.63, 3.8) is 0 Å². The van der Waals surface area contributed by atoms with E-state index < -0.39 is 17.9 Å². The first-order valence-corrected chi connectivity index (χ1v) is 7.29. The molecule has 0 saturated carbocycles. The second kappa shape index (κ2) is 6.39. The largest absolute Gasteiger partial charge is 0.480 e. The lowest BCUT2D eigenvalue weighted by Gasteiger charge is -2.32. The molecule has 1 aliphatic rings. The number of carbonyl (C=O) groups is 2. The number of nitrogens with zero attached hydrogens (tertiary/aromatic N) is 2. The van der Waals surface area contributed by atoms with Crippen molar-refractivity contribution in [2.45, 2.75) is 6.04 Å². The van der Waals surface area contributed by atoms with Crippen molar-refractivity contribution < 1.29 is 24.0 Å². The number of hydrogen-bond donors (Lipinski definition) is 1. The van der Waals surface area contributed by atoms with E-state index in [0.29, 0.717) is 16.3 Å². The van der Waals surface area contributed by atoms with Gasteiger partial charge in [-0.15, -0.1) is 0 Å². The number of carboxylic acids is 1. The minimum Gasteiger partial charge on any atom is -0.480 e. The van der Waals surface area contributed by atoms with Crippen LogP contribution in [0.1, 0.15) is 10.5 Å². The van der Waals surface area contributed by atoms with Crippen molar-refractivity contribution in [1.29, 1.82) is 0 Å². The third-order valence-electron chi connectivity index (χ3n) is 3.54. The van der Waals surface area contributed by atoms with Crippen LogP contribution in [-0.4, -0.2) is 52.8 Å². The van der Waals surface area contributed by atoms with Crippen LogP contribution in [-0.2, 0) is 9.53 Å². The van der Waals surface area contributed by atoms with Crippen LogP contribution < -0.4 is 0 Å². The van der Waals surface area contributed by atoms with Crippen LogP contribution in [0, 0.1) is 0 Å². The number of carboxylic acid groups (broad SMARTS) is 1. The van der Waals surface area contributed by atoms with Gasteiger partial charge in [0.25, 0.3) is 5.91 Å². The summed E-state index contributed by atoms with van der Waals surface area (Å²) >= 11 is 6.08. The van der Waals surface area contributed by atoms with Crippen molar-refractivity contribution in [3.8, 4) is 11.3 Å². The van der Waals surface area contributed by atoms with E-state index in [1.54, 1.807) is 24.3 Å². The van der Waals surface area contributed by atoms with Gasteiger partial charge in [0.15, 0.2) is 17.5 Å². The summed E-state index contributed by atoms with van der Waals surface area (Å²) in [5.41, 5.74) is 0.644. The van der Waals surface area contributed by atoms with Gasteiger partial charge in [0.05, 0.1) is 18.2 Å². The maximum absolute atomic E-state index is 12.5. The SMILES string of the molecule is O=C(O)C1COCCN1C(=O)c1cc(-c2ccccc2Cl)on1. The number of amides is 1. The molecule has 1 aromatic carbocycles. The lowest BCUT2D eigenvalue weighted by Crippen LogP contribution is -2.52. The summed E-state index contributed by atoms with van der Waals surface area (Å²) < 4.78 is 10.3. The van der Waals surface area contributed by atoms with E-state index in [0.717, 1.165) is 0 Å². The average molecular weight is 337 g/mol. The summed E-state index contributed by atoms with van der Waals surface area (Å²) in [6, 6.07) is 7.43. The molecule has 0 aliphatic carbocycles. The van der Waals surface area contributed by atoms with Crippen LogP contribution in [0.2, 0.25) is 5.02 Å². The van der Waals surface area contributed by atoms with Crippen molar-refractivity contribution in [2.24, 2.45) is 0 Å². The van der Waals surface area contributed by atoms with E-state index >= 15 is 0 Å². The van der Waals surface area contributed by atoms with Gasteiger partial charge >= 0.3 is 5.97 Å². The summed E-state index contributed by atoms with van der Waals surface area (Å²) in [6.45, 7) is 0.422. The summed E-state index contributed by atoms with van der Waals surface area (Å²) in [4.78, 5) is 25.0. The van der Waals surface area contributed by atoms with E-state index in [2.05, 4.69) is 5.16 Å². The molecule has 8 heteroatoms. The maximum Gasteiger partial charge on any atom is 0.328 e.